The van der Waals surface area contributed by atoms with E-state index in [9.17, 15) is 13.2 Å². The van der Waals surface area contributed by atoms with E-state index in [4.69, 9.17) is 11.6 Å². The third kappa shape index (κ3) is 4.00. The van der Waals surface area contributed by atoms with Crippen molar-refractivity contribution in [3.05, 3.63) is 24.3 Å². The number of carbonyl (C=O) groups excluding carboxylic acids is 1. The van der Waals surface area contributed by atoms with Gasteiger partial charge in [0.2, 0.25) is 15.9 Å². The third-order valence-electron chi connectivity index (χ3n) is 3.74. The molecule has 1 aliphatic heterocycles. The molecule has 7 heteroatoms. The van der Waals surface area contributed by atoms with Gasteiger partial charge in [-0.05, 0) is 49.9 Å². The SMILES string of the molecule is CC1CCCN(S(=O)(=O)c2ccc(NC(=O)C(C)Cl)cc2)C1. The third-order valence-corrected chi connectivity index (χ3v) is 5.82. The van der Waals surface area contributed by atoms with E-state index in [2.05, 4.69) is 12.2 Å². The first-order valence-electron chi connectivity index (χ1n) is 7.36. The van der Waals surface area contributed by atoms with Gasteiger partial charge in [-0.25, -0.2) is 8.42 Å². The summed E-state index contributed by atoms with van der Waals surface area (Å²) in [5, 5.41) is 1.99. The van der Waals surface area contributed by atoms with Crippen LogP contribution in [0.1, 0.15) is 26.7 Å². The van der Waals surface area contributed by atoms with Gasteiger partial charge in [-0.3, -0.25) is 4.79 Å². The summed E-state index contributed by atoms with van der Waals surface area (Å²) in [6, 6.07) is 6.20. The Bertz CT molecular complexity index is 629. The Hall–Kier alpha value is -1.11. The number of carbonyl (C=O) groups is 1. The monoisotopic (exact) mass is 344 g/mol. The smallest absolute Gasteiger partial charge is 0.243 e. The second-order valence-corrected chi connectivity index (χ2v) is 8.33. The van der Waals surface area contributed by atoms with Crippen molar-refractivity contribution in [2.45, 2.75) is 37.0 Å². The van der Waals surface area contributed by atoms with E-state index in [0.29, 0.717) is 24.7 Å². The van der Waals surface area contributed by atoms with Gasteiger partial charge in [-0.1, -0.05) is 6.92 Å². The molecule has 5 nitrogen and oxygen atoms in total. The summed E-state index contributed by atoms with van der Waals surface area (Å²) in [6.45, 7) is 4.76. The van der Waals surface area contributed by atoms with E-state index in [1.807, 2.05) is 0 Å². The first kappa shape index (κ1) is 17.2. The summed E-state index contributed by atoms with van der Waals surface area (Å²) in [5.41, 5.74) is 0.531. The molecule has 1 N–H and O–H groups in total. The topological polar surface area (TPSA) is 66.5 Å². The maximum absolute atomic E-state index is 12.6. The molecule has 0 spiro atoms. The quantitative estimate of drug-likeness (QED) is 0.854. The van der Waals surface area contributed by atoms with Gasteiger partial charge in [0.25, 0.3) is 0 Å². The van der Waals surface area contributed by atoms with Gasteiger partial charge in [0.15, 0.2) is 0 Å². The molecule has 0 aliphatic carbocycles. The maximum Gasteiger partial charge on any atom is 0.243 e. The van der Waals surface area contributed by atoms with Crippen molar-refractivity contribution in [3.63, 3.8) is 0 Å². The molecule has 2 atom stereocenters. The van der Waals surface area contributed by atoms with E-state index in [1.165, 1.54) is 16.4 Å². The van der Waals surface area contributed by atoms with Crippen molar-refractivity contribution in [2.24, 2.45) is 5.92 Å². The number of anilines is 1. The van der Waals surface area contributed by atoms with Crippen molar-refractivity contribution < 1.29 is 13.2 Å². The Morgan fingerprint density at radius 3 is 2.55 bits per heavy atom. The highest BCUT2D eigenvalue weighted by Crippen LogP contribution is 2.24. The number of amides is 1. The number of piperidine rings is 1. The van der Waals surface area contributed by atoms with Gasteiger partial charge in [-0.15, -0.1) is 11.6 Å². The van der Waals surface area contributed by atoms with Gasteiger partial charge in [-0.2, -0.15) is 4.31 Å². The van der Waals surface area contributed by atoms with Crippen LogP contribution in [0.25, 0.3) is 0 Å². The van der Waals surface area contributed by atoms with Crippen LogP contribution in [0, 0.1) is 5.92 Å². The number of benzene rings is 1. The van der Waals surface area contributed by atoms with Gasteiger partial charge < -0.3 is 5.32 Å². The van der Waals surface area contributed by atoms with E-state index < -0.39 is 15.4 Å². The summed E-state index contributed by atoms with van der Waals surface area (Å²) >= 11 is 5.68. The molecule has 2 unspecified atom stereocenters. The molecule has 1 amide bonds. The first-order valence-corrected chi connectivity index (χ1v) is 9.23. The lowest BCUT2D eigenvalue weighted by Crippen LogP contribution is -2.39. The predicted molar refractivity (Wildman–Crippen MR) is 87.5 cm³/mol. The molecule has 1 fully saturated rings. The van der Waals surface area contributed by atoms with Crippen LogP contribution in [-0.4, -0.2) is 37.1 Å². The number of sulfonamides is 1. The first-order chi connectivity index (χ1) is 10.3. The fourth-order valence-corrected chi connectivity index (χ4v) is 4.12. The lowest BCUT2D eigenvalue weighted by Gasteiger charge is -2.30. The summed E-state index contributed by atoms with van der Waals surface area (Å²) < 4.78 is 26.7. The molecule has 122 valence electrons. The molecular formula is C15H21ClN2O3S. The molecule has 0 saturated carbocycles. The second-order valence-electron chi connectivity index (χ2n) is 5.74. The molecule has 1 heterocycles. The Morgan fingerprint density at radius 1 is 1.36 bits per heavy atom. The largest absolute Gasteiger partial charge is 0.325 e. The van der Waals surface area contributed by atoms with Gasteiger partial charge in [0.1, 0.15) is 5.38 Å². The van der Waals surface area contributed by atoms with Crippen molar-refractivity contribution in [1.82, 2.24) is 4.31 Å². The zero-order chi connectivity index (χ0) is 16.3. The highest BCUT2D eigenvalue weighted by atomic mass is 35.5. The van der Waals surface area contributed by atoms with Crippen LogP contribution in [0.3, 0.4) is 0 Å². The number of alkyl halides is 1. The Balaban J connectivity index is 2.13. The molecule has 22 heavy (non-hydrogen) atoms. The summed E-state index contributed by atoms with van der Waals surface area (Å²) in [4.78, 5) is 11.8. The van der Waals surface area contributed by atoms with Crippen molar-refractivity contribution in [3.8, 4) is 0 Å². The fraction of sp³-hybridized carbons (Fsp3) is 0.533. The van der Waals surface area contributed by atoms with Crippen molar-refractivity contribution in [1.29, 1.82) is 0 Å². The number of rotatable bonds is 4. The molecule has 0 radical (unpaired) electrons. The minimum atomic E-state index is -3.46. The minimum Gasteiger partial charge on any atom is -0.325 e. The Labute approximate surface area is 136 Å². The van der Waals surface area contributed by atoms with Crippen LogP contribution in [0.4, 0.5) is 5.69 Å². The molecular weight excluding hydrogens is 324 g/mol. The van der Waals surface area contributed by atoms with E-state index in [1.54, 1.807) is 19.1 Å². The van der Waals surface area contributed by atoms with Crippen LogP contribution in [0.2, 0.25) is 0 Å². The predicted octanol–water partition coefficient (Wildman–Crippen LogP) is 2.67. The summed E-state index contributed by atoms with van der Waals surface area (Å²) in [5.74, 6) is 0.0643. The van der Waals surface area contributed by atoms with Crippen LogP contribution in [-0.2, 0) is 14.8 Å². The molecule has 1 saturated heterocycles. The number of nitrogens with one attached hydrogen (secondary N) is 1. The molecule has 1 aliphatic rings. The van der Waals surface area contributed by atoms with Gasteiger partial charge >= 0.3 is 0 Å². The standard InChI is InChI=1S/C15H21ClN2O3S/c1-11-4-3-9-18(10-11)22(20,21)14-7-5-13(6-8-14)17-15(19)12(2)16/h5-8,11-12H,3-4,9-10H2,1-2H3,(H,17,19). The van der Waals surface area contributed by atoms with Crippen LogP contribution >= 0.6 is 11.6 Å². The second kappa shape index (κ2) is 6.98. The van der Waals surface area contributed by atoms with Crippen LogP contribution < -0.4 is 5.32 Å². The number of nitrogens with zero attached hydrogens (tertiary/aromatic N) is 1. The highest BCUT2D eigenvalue weighted by Gasteiger charge is 2.28. The number of hydrogen-bond acceptors (Lipinski definition) is 3. The normalized spacial score (nSPS) is 21.3. The Morgan fingerprint density at radius 2 is 2.00 bits per heavy atom. The van der Waals surface area contributed by atoms with Crippen molar-refractivity contribution >= 4 is 33.2 Å². The van der Waals surface area contributed by atoms with E-state index >= 15 is 0 Å². The molecule has 1 aromatic rings. The fourth-order valence-electron chi connectivity index (χ4n) is 2.47. The zero-order valence-electron chi connectivity index (χ0n) is 12.8. The molecule has 0 bridgehead atoms. The average Bonchev–Trinajstić information content (AvgIpc) is 2.47. The number of halogens is 1. The minimum absolute atomic E-state index is 0.249. The molecule has 2 rings (SSSR count). The highest BCUT2D eigenvalue weighted by molar-refractivity contribution is 7.89. The van der Waals surface area contributed by atoms with Crippen LogP contribution in [0.15, 0.2) is 29.2 Å². The van der Waals surface area contributed by atoms with Gasteiger partial charge in [0.05, 0.1) is 4.90 Å². The lowest BCUT2D eigenvalue weighted by atomic mass is 10.0. The zero-order valence-corrected chi connectivity index (χ0v) is 14.3. The lowest BCUT2D eigenvalue weighted by molar-refractivity contribution is -0.115. The van der Waals surface area contributed by atoms with Crippen molar-refractivity contribution in [2.75, 3.05) is 18.4 Å². The van der Waals surface area contributed by atoms with E-state index in [0.717, 1.165) is 12.8 Å². The maximum atomic E-state index is 12.6. The molecule has 1 aromatic carbocycles. The summed E-state index contributed by atoms with van der Waals surface area (Å²) in [6.07, 6.45) is 1.95. The number of hydrogen-bond donors (Lipinski definition) is 1. The average molecular weight is 345 g/mol. The van der Waals surface area contributed by atoms with Crippen LogP contribution in [0.5, 0.6) is 0 Å². The van der Waals surface area contributed by atoms with E-state index in [-0.39, 0.29) is 10.8 Å². The summed E-state index contributed by atoms with van der Waals surface area (Å²) in [7, 11) is -3.46. The molecule has 0 aromatic heterocycles. The Kier molecular flexibility index (Phi) is 5.47. The van der Waals surface area contributed by atoms with Gasteiger partial charge in [0, 0.05) is 18.8 Å².